The van der Waals surface area contributed by atoms with Gasteiger partial charge in [-0.25, -0.2) is 9.46 Å². The number of carbonyl (C=O) groups is 2. The van der Waals surface area contributed by atoms with E-state index in [1.807, 2.05) is 45.9 Å². The zero-order valence-corrected chi connectivity index (χ0v) is 36.0. The highest BCUT2D eigenvalue weighted by Gasteiger charge is 2.53. The standard InChI is InChI=1S/C37H61N4O8PSSi/c1-14-28-31(48-50(41(25(2)3)26(4)5)46-22-23-51-34(43)36(6,7)8)32(49-52(12,13)37(9,10)11)33(47-28)40-21-20-29(39-35(40)44)38-30(42)24-45-27-18-16-15-17-19-27/h15-21,25-26,28,31-33H,14,22-24H2,1-13H3,(H,38,39,42,44)/t28-,31?,32+,33-,50?/m1/s1. The van der Waals surface area contributed by atoms with Gasteiger partial charge in [0.25, 0.3) is 14.4 Å². The molecule has 2 unspecified atom stereocenters. The van der Waals surface area contributed by atoms with Crippen LogP contribution in [0, 0.1) is 5.41 Å². The number of hydrogen-bond acceptors (Lipinski definition) is 11. The van der Waals surface area contributed by atoms with Gasteiger partial charge < -0.3 is 28.3 Å². The molecule has 1 fully saturated rings. The molecular formula is C37H61N4O8PSSi. The summed E-state index contributed by atoms with van der Waals surface area (Å²) in [5.41, 5.74) is -1.05. The molecule has 1 amide bonds. The lowest BCUT2D eigenvalue weighted by Gasteiger charge is -2.42. The normalized spacial score (nSPS) is 20.5. The predicted molar refractivity (Wildman–Crippen MR) is 212 cm³/mol. The van der Waals surface area contributed by atoms with Gasteiger partial charge in [-0.2, -0.15) is 4.98 Å². The minimum atomic E-state index is -2.45. The van der Waals surface area contributed by atoms with E-state index in [-0.39, 0.29) is 34.7 Å². The molecule has 292 valence electrons. The van der Waals surface area contributed by atoms with Crippen LogP contribution >= 0.6 is 20.3 Å². The van der Waals surface area contributed by atoms with Gasteiger partial charge in [-0.05, 0) is 70.4 Å². The number of amides is 1. The summed E-state index contributed by atoms with van der Waals surface area (Å²) in [5, 5.41) is 2.61. The summed E-state index contributed by atoms with van der Waals surface area (Å²) in [6, 6.07) is 10.8. The number of carbonyl (C=O) groups excluding carboxylic acids is 2. The maximum Gasteiger partial charge on any atom is 0.351 e. The second-order valence-electron chi connectivity index (χ2n) is 16.1. The molecule has 2 heterocycles. The number of anilines is 1. The number of hydrogen-bond donors (Lipinski definition) is 1. The molecule has 1 N–H and O–H groups in total. The first-order valence-corrected chi connectivity index (χ1v) is 23.1. The van der Waals surface area contributed by atoms with E-state index in [2.05, 4.69) is 76.5 Å². The number of nitrogens with one attached hydrogen (secondary N) is 1. The Morgan fingerprint density at radius 2 is 1.67 bits per heavy atom. The van der Waals surface area contributed by atoms with E-state index in [1.54, 1.807) is 24.4 Å². The monoisotopic (exact) mass is 780 g/mol. The molecule has 0 aliphatic carbocycles. The van der Waals surface area contributed by atoms with Crippen molar-refractivity contribution in [1.29, 1.82) is 0 Å². The Morgan fingerprint density at radius 3 is 2.21 bits per heavy atom. The minimum Gasteiger partial charge on any atom is -0.484 e. The summed E-state index contributed by atoms with van der Waals surface area (Å²) in [6.45, 7) is 27.1. The lowest BCUT2D eigenvalue weighted by atomic mass is 10.00. The van der Waals surface area contributed by atoms with Crippen molar-refractivity contribution in [3.63, 3.8) is 0 Å². The Labute approximate surface area is 317 Å². The van der Waals surface area contributed by atoms with Crippen LogP contribution in [-0.2, 0) is 27.8 Å². The highest BCUT2D eigenvalue weighted by molar-refractivity contribution is 8.13. The van der Waals surface area contributed by atoms with E-state index in [0.717, 1.165) is 0 Å². The summed E-state index contributed by atoms with van der Waals surface area (Å²) in [4.78, 5) is 43.1. The summed E-state index contributed by atoms with van der Waals surface area (Å²) < 4.78 is 36.4. The van der Waals surface area contributed by atoms with Crippen LogP contribution in [0.2, 0.25) is 18.1 Å². The molecule has 1 aliphatic rings. The molecule has 0 spiro atoms. The van der Waals surface area contributed by atoms with Crippen molar-refractivity contribution < 1.29 is 32.5 Å². The molecule has 0 radical (unpaired) electrons. The van der Waals surface area contributed by atoms with Crippen molar-refractivity contribution in [3.8, 4) is 5.75 Å². The van der Waals surface area contributed by atoms with Crippen LogP contribution in [0.3, 0.4) is 0 Å². The Hall–Kier alpha value is -2.16. The van der Waals surface area contributed by atoms with Crippen LogP contribution < -0.4 is 15.7 Å². The van der Waals surface area contributed by atoms with Gasteiger partial charge >= 0.3 is 5.69 Å². The maximum atomic E-state index is 13.7. The van der Waals surface area contributed by atoms with Crippen LogP contribution in [-0.4, -0.2) is 82.9 Å². The number of aromatic nitrogens is 2. The molecule has 2 aromatic rings. The Morgan fingerprint density at radius 1 is 1.04 bits per heavy atom. The zero-order chi connectivity index (χ0) is 39.0. The molecule has 1 aliphatic heterocycles. The van der Waals surface area contributed by atoms with E-state index in [4.69, 9.17) is 22.9 Å². The Balaban J connectivity index is 1.93. The number of para-hydroxylation sites is 1. The third-order valence-electron chi connectivity index (χ3n) is 9.00. The minimum absolute atomic E-state index is 0.0978. The Kier molecular flexibility index (Phi) is 16.1. The fourth-order valence-corrected chi connectivity index (χ4v) is 9.21. The number of nitrogens with zero attached hydrogens (tertiary/aromatic N) is 3. The van der Waals surface area contributed by atoms with Gasteiger partial charge in [-0.1, -0.05) is 78.4 Å². The van der Waals surface area contributed by atoms with Crippen molar-refractivity contribution in [2.45, 2.75) is 137 Å². The molecule has 1 saturated heterocycles. The predicted octanol–water partition coefficient (Wildman–Crippen LogP) is 8.01. The van der Waals surface area contributed by atoms with Gasteiger partial charge in [0.15, 0.2) is 26.3 Å². The van der Waals surface area contributed by atoms with E-state index in [0.29, 0.717) is 24.5 Å². The second kappa shape index (κ2) is 18.9. The molecule has 15 heteroatoms. The smallest absolute Gasteiger partial charge is 0.351 e. The van der Waals surface area contributed by atoms with Crippen LogP contribution in [0.15, 0.2) is 47.4 Å². The largest absolute Gasteiger partial charge is 0.484 e. The van der Waals surface area contributed by atoms with Crippen LogP contribution in [0.4, 0.5) is 5.82 Å². The van der Waals surface area contributed by atoms with Crippen molar-refractivity contribution in [3.05, 3.63) is 53.1 Å². The fraction of sp³-hybridized carbons (Fsp3) is 0.676. The van der Waals surface area contributed by atoms with Gasteiger partial charge in [-0.3, -0.25) is 14.2 Å². The van der Waals surface area contributed by atoms with Gasteiger partial charge in [0, 0.05) is 29.4 Å². The van der Waals surface area contributed by atoms with E-state index < -0.39 is 58.4 Å². The first-order chi connectivity index (χ1) is 24.2. The summed E-state index contributed by atoms with van der Waals surface area (Å²) >= 11 is 1.27. The molecule has 5 atom stereocenters. The third-order valence-corrected chi connectivity index (χ3v) is 16.8. The average molecular weight is 781 g/mol. The molecular weight excluding hydrogens is 720 g/mol. The summed E-state index contributed by atoms with van der Waals surface area (Å²) in [6.07, 6.45) is -0.357. The first-order valence-electron chi connectivity index (χ1n) is 18.1. The summed E-state index contributed by atoms with van der Waals surface area (Å²) in [5.74, 6) is 0.712. The molecule has 0 saturated carbocycles. The first kappa shape index (κ1) is 44.2. The van der Waals surface area contributed by atoms with Crippen LogP contribution in [0.5, 0.6) is 5.75 Å². The maximum absolute atomic E-state index is 13.7. The number of rotatable bonds is 17. The molecule has 1 aromatic carbocycles. The second-order valence-corrected chi connectivity index (χ2v) is 23.3. The average Bonchev–Trinajstić information content (AvgIpc) is 3.36. The Bertz CT molecular complexity index is 1510. The zero-order valence-electron chi connectivity index (χ0n) is 33.3. The highest BCUT2D eigenvalue weighted by atomic mass is 32.2. The van der Waals surface area contributed by atoms with E-state index in [9.17, 15) is 14.4 Å². The van der Waals surface area contributed by atoms with E-state index >= 15 is 0 Å². The highest BCUT2D eigenvalue weighted by Crippen LogP contribution is 2.52. The fourth-order valence-electron chi connectivity index (χ4n) is 5.25. The van der Waals surface area contributed by atoms with Crippen molar-refractivity contribution in [2.24, 2.45) is 5.41 Å². The lowest BCUT2D eigenvalue weighted by molar-refractivity contribution is -0.118. The SMILES string of the molecule is CC[C@H]1O[C@@H](n2ccc(NC(=O)COc3ccccc3)nc2=O)[C@@H](O[Si](C)(C)C(C)(C)C)C1OP(OCCSC(=O)C(C)(C)C)N(C(C)C)C(C)C. The van der Waals surface area contributed by atoms with E-state index in [1.165, 1.54) is 16.3 Å². The van der Waals surface area contributed by atoms with Gasteiger partial charge in [0.2, 0.25) is 0 Å². The van der Waals surface area contributed by atoms with Crippen LogP contribution in [0.1, 0.15) is 88.8 Å². The van der Waals surface area contributed by atoms with Gasteiger partial charge in [0.1, 0.15) is 23.8 Å². The van der Waals surface area contributed by atoms with Gasteiger partial charge in [0.05, 0.1) is 12.7 Å². The van der Waals surface area contributed by atoms with Crippen molar-refractivity contribution >= 4 is 45.4 Å². The summed E-state index contributed by atoms with van der Waals surface area (Å²) in [7, 11) is -4.09. The lowest BCUT2D eigenvalue weighted by Crippen LogP contribution is -2.50. The quantitative estimate of drug-likeness (QED) is 0.0952. The van der Waals surface area contributed by atoms with Crippen molar-refractivity contribution in [1.82, 2.24) is 14.2 Å². The van der Waals surface area contributed by atoms with Crippen LogP contribution in [0.25, 0.3) is 0 Å². The number of ether oxygens (including phenoxy) is 2. The van der Waals surface area contributed by atoms with Crippen molar-refractivity contribution in [2.75, 3.05) is 24.3 Å². The molecule has 3 rings (SSSR count). The molecule has 12 nitrogen and oxygen atoms in total. The van der Waals surface area contributed by atoms with Gasteiger partial charge in [-0.15, -0.1) is 0 Å². The number of thioether (sulfide) groups is 1. The molecule has 0 bridgehead atoms. The molecule has 52 heavy (non-hydrogen) atoms. The third kappa shape index (κ3) is 12.2. The molecule has 1 aromatic heterocycles. The topological polar surface area (TPSA) is 130 Å². The number of benzene rings is 1.